The average molecular weight is 120 g/mol. The number of rotatable bonds is 0. The fraction of sp³-hybridized carbons (Fsp3) is 1.00. The molecule has 0 unspecified atom stereocenters. The summed E-state index contributed by atoms with van der Waals surface area (Å²) in [7, 11) is 0. The summed E-state index contributed by atoms with van der Waals surface area (Å²) in [5.41, 5.74) is 4.50. The Labute approximate surface area is 36.2 Å². The van der Waals surface area contributed by atoms with Crippen molar-refractivity contribution in [3.8, 4) is 0 Å². The van der Waals surface area contributed by atoms with Crippen LogP contribution in [0, 0.1) is 0 Å². The van der Waals surface area contributed by atoms with E-state index in [1.54, 1.807) is 0 Å². The Kier molecular flexibility index (Phi) is 20.9. The molecule has 0 radical (unpaired) electrons. The van der Waals surface area contributed by atoms with Gasteiger partial charge in [0.05, 0.1) is 8.41 Å². The van der Waals surface area contributed by atoms with Gasteiger partial charge in [0.2, 0.25) is 0 Å². The quantitative estimate of drug-likeness (QED) is 0.372. The van der Waals surface area contributed by atoms with Gasteiger partial charge in [0.1, 0.15) is 0 Å². The SMILES string of the molecule is B.C[AsH]C. The summed E-state index contributed by atoms with van der Waals surface area (Å²) in [6, 6.07) is 0. The molecule has 26 valence electrons. The molecule has 0 nitrogen and oxygen atoms in total. The first-order chi connectivity index (χ1) is 1.41. The Bertz CT molecular complexity index is 6.00. The second-order valence-electron chi connectivity index (χ2n) is 0.500. The normalized spacial score (nSPS) is 4.50. The number of hydrogen-bond acceptors (Lipinski definition) is 0. The van der Waals surface area contributed by atoms with Gasteiger partial charge in [0, 0.05) is 0 Å². The first-order valence-electron chi connectivity index (χ1n) is 1.00. The Hall–Kier alpha value is 0.623. The third kappa shape index (κ3) is 17.8. The van der Waals surface area contributed by atoms with Crippen molar-refractivity contribution >= 4 is 24.2 Å². The van der Waals surface area contributed by atoms with Gasteiger partial charge < -0.3 is 0 Å². The average Bonchev–Trinajstić information content (AvgIpc) is 0.918. The van der Waals surface area contributed by atoms with Crippen LogP contribution in [0.2, 0.25) is 11.4 Å². The predicted molar refractivity (Wildman–Crippen MR) is 28.8 cm³/mol. The van der Waals surface area contributed by atoms with E-state index in [1.807, 2.05) is 0 Å². The van der Waals surface area contributed by atoms with E-state index in [0.717, 1.165) is 0 Å². The van der Waals surface area contributed by atoms with Crippen LogP contribution in [0.25, 0.3) is 0 Å². The molecule has 0 N–H and O–H groups in total. The van der Waals surface area contributed by atoms with Crippen LogP contribution in [0.3, 0.4) is 0 Å². The molecule has 0 aliphatic rings. The van der Waals surface area contributed by atoms with Gasteiger partial charge in [-0.05, 0) is 0 Å². The van der Waals surface area contributed by atoms with Gasteiger partial charge in [0.25, 0.3) is 0 Å². The fourth-order valence-electron chi connectivity index (χ4n) is 0. The van der Waals surface area contributed by atoms with Crippen LogP contribution >= 0.6 is 0 Å². The van der Waals surface area contributed by atoms with Crippen LogP contribution in [0.15, 0.2) is 0 Å². The first-order valence-corrected chi connectivity index (χ1v) is 5.20. The maximum absolute atomic E-state index is 2.25. The molecule has 0 bridgehead atoms. The van der Waals surface area contributed by atoms with Crippen molar-refractivity contribution in [1.29, 1.82) is 0 Å². The predicted octanol–water partition coefficient (Wildman–Crippen LogP) is -0.665. The molecule has 4 heavy (non-hydrogen) atoms. The van der Waals surface area contributed by atoms with E-state index in [4.69, 9.17) is 0 Å². The molecule has 0 aliphatic carbocycles. The molecule has 0 spiro atoms. The zero-order chi connectivity index (χ0) is 2.71. The van der Waals surface area contributed by atoms with Crippen molar-refractivity contribution in [3.05, 3.63) is 0 Å². The van der Waals surface area contributed by atoms with Crippen LogP contribution in [0.5, 0.6) is 0 Å². The van der Waals surface area contributed by atoms with Gasteiger partial charge in [-0.1, -0.05) is 0 Å². The van der Waals surface area contributed by atoms with Gasteiger partial charge in [-0.3, -0.25) is 0 Å². The Balaban J connectivity index is 0. The molecule has 0 saturated carbocycles. The standard InChI is InChI=1S/C2H7As.BH3/c1-3-2;/h3H,1-2H3;1H3. The van der Waals surface area contributed by atoms with Crippen LogP contribution in [0.4, 0.5) is 0 Å². The van der Waals surface area contributed by atoms with E-state index in [1.165, 1.54) is 0 Å². The Morgan fingerprint density at radius 1 is 1.25 bits per heavy atom. The Morgan fingerprint density at radius 2 is 1.25 bits per heavy atom. The van der Waals surface area contributed by atoms with Crippen molar-refractivity contribution < 1.29 is 0 Å². The minimum absolute atomic E-state index is 0. The molecule has 0 aromatic carbocycles. The third-order valence-electron chi connectivity index (χ3n) is 0. The summed E-state index contributed by atoms with van der Waals surface area (Å²) in [6.07, 6.45) is 0. The molecular formula is C2H10AsB. The number of hydrogen-bond donors (Lipinski definition) is 0. The van der Waals surface area contributed by atoms with Crippen molar-refractivity contribution in [2.75, 3.05) is 0 Å². The summed E-state index contributed by atoms with van der Waals surface area (Å²) < 4.78 is 0. The topological polar surface area (TPSA) is 0 Å². The maximum atomic E-state index is 2.25. The zero-order valence-electron chi connectivity index (χ0n) is 2.50. The van der Waals surface area contributed by atoms with Crippen LogP contribution < -0.4 is 0 Å². The van der Waals surface area contributed by atoms with Gasteiger partial charge in [-0.2, -0.15) is 0 Å². The molecule has 0 rings (SSSR count). The zero-order valence-corrected chi connectivity index (χ0v) is 4.60. The van der Waals surface area contributed by atoms with E-state index in [2.05, 4.69) is 11.4 Å². The summed E-state index contributed by atoms with van der Waals surface area (Å²) in [6.45, 7) is 0. The molecule has 2 heteroatoms. The van der Waals surface area contributed by atoms with Crippen molar-refractivity contribution in [2.24, 2.45) is 0 Å². The molecule has 0 amide bonds. The molecule has 0 aromatic heterocycles. The van der Waals surface area contributed by atoms with Crippen molar-refractivity contribution in [2.45, 2.75) is 11.4 Å². The summed E-state index contributed by atoms with van der Waals surface area (Å²) in [5.74, 6) is 0. The van der Waals surface area contributed by atoms with E-state index in [0.29, 0.717) is 15.8 Å². The van der Waals surface area contributed by atoms with Crippen LogP contribution in [-0.2, 0) is 0 Å². The van der Waals surface area contributed by atoms with Crippen molar-refractivity contribution in [3.63, 3.8) is 0 Å². The molecule has 0 aromatic rings. The fourth-order valence-corrected chi connectivity index (χ4v) is 0. The van der Waals surface area contributed by atoms with Gasteiger partial charge >= 0.3 is 27.2 Å². The monoisotopic (exact) mass is 120 g/mol. The molecule has 0 heterocycles. The van der Waals surface area contributed by atoms with E-state index >= 15 is 0 Å². The van der Waals surface area contributed by atoms with E-state index in [-0.39, 0.29) is 8.41 Å². The first kappa shape index (κ1) is 8.82. The summed E-state index contributed by atoms with van der Waals surface area (Å²) in [4.78, 5) is 0. The summed E-state index contributed by atoms with van der Waals surface area (Å²) in [5, 5.41) is 0. The van der Waals surface area contributed by atoms with Crippen LogP contribution in [0.1, 0.15) is 0 Å². The third-order valence-corrected chi connectivity index (χ3v) is 0. The molecular weight excluding hydrogens is 110 g/mol. The molecule has 0 fully saturated rings. The van der Waals surface area contributed by atoms with Gasteiger partial charge in [-0.25, -0.2) is 0 Å². The Morgan fingerprint density at radius 3 is 1.25 bits per heavy atom. The second kappa shape index (κ2) is 9.46. The summed E-state index contributed by atoms with van der Waals surface area (Å²) >= 11 is 0.500. The molecule has 0 aliphatic heterocycles. The van der Waals surface area contributed by atoms with E-state index < -0.39 is 0 Å². The van der Waals surface area contributed by atoms with Crippen LogP contribution in [-0.4, -0.2) is 24.2 Å². The van der Waals surface area contributed by atoms with Gasteiger partial charge in [0.15, 0.2) is 0 Å². The molecule has 0 saturated heterocycles. The molecule has 0 atom stereocenters. The van der Waals surface area contributed by atoms with Gasteiger partial charge in [-0.15, -0.1) is 0 Å². The minimum atomic E-state index is 0. The van der Waals surface area contributed by atoms with Crippen molar-refractivity contribution in [1.82, 2.24) is 0 Å². The van der Waals surface area contributed by atoms with E-state index in [9.17, 15) is 0 Å². The second-order valence-corrected chi connectivity index (χ2v) is 2.60.